The molecule has 0 radical (unpaired) electrons. The van der Waals surface area contributed by atoms with Gasteiger partial charge in [0.15, 0.2) is 18.3 Å². The van der Waals surface area contributed by atoms with E-state index in [0.717, 1.165) is 22.3 Å². The average Bonchev–Trinajstić information content (AvgIpc) is 3.34. The van der Waals surface area contributed by atoms with Crippen molar-refractivity contribution in [2.75, 3.05) is 13.2 Å². The smallest absolute Gasteiger partial charge is 0.185 e. The van der Waals surface area contributed by atoms with E-state index in [9.17, 15) is 4.79 Å². The Kier molecular flexibility index (Phi) is 3.99. The lowest BCUT2D eigenvalue weighted by Crippen LogP contribution is -1.97. The molecule has 0 bridgehead atoms. The third-order valence-corrected chi connectivity index (χ3v) is 4.05. The highest BCUT2D eigenvalue weighted by molar-refractivity contribution is 5.73. The fourth-order valence-corrected chi connectivity index (χ4v) is 2.78. The van der Waals surface area contributed by atoms with Gasteiger partial charge >= 0.3 is 0 Å². The van der Waals surface area contributed by atoms with E-state index in [4.69, 9.17) is 13.9 Å². The topological polar surface area (TPSA) is 48.7 Å². The fraction of sp³-hybridized carbons (Fsp3) is 0.150. The number of hydrogen-bond donors (Lipinski definition) is 0. The van der Waals surface area contributed by atoms with Crippen LogP contribution < -0.4 is 0 Å². The summed E-state index contributed by atoms with van der Waals surface area (Å²) in [7, 11) is 0. The molecule has 1 aromatic heterocycles. The SMILES string of the molecule is O=Cc1ccc(-c2ccc(-c3ccc(C4OCCO4)cc3)cc2)o1. The van der Waals surface area contributed by atoms with E-state index in [2.05, 4.69) is 12.1 Å². The third-order valence-electron chi connectivity index (χ3n) is 4.05. The molecule has 2 heterocycles. The number of aldehydes is 1. The van der Waals surface area contributed by atoms with E-state index in [1.54, 1.807) is 12.1 Å². The third kappa shape index (κ3) is 2.89. The fourth-order valence-electron chi connectivity index (χ4n) is 2.78. The van der Waals surface area contributed by atoms with Crippen LogP contribution in [0.1, 0.15) is 22.4 Å². The highest BCUT2D eigenvalue weighted by Crippen LogP contribution is 2.28. The number of rotatable bonds is 4. The molecule has 2 aromatic carbocycles. The molecule has 0 N–H and O–H groups in total. The van der Waals surface area contributed by atoms with Gasteiger partial charge in [0.2, 0.25) is 0 Å². The molecule has 0 aliphatic carbocycles. The van der Waals surface area contributed by atoms with Crippen LogP contribution in [0.5, 0.6) is 0 Å². The van der Waals surface area contributed by atoms with E-state index in [1.807, 2.05) is 36.4 Å². The maximum Gasteiger partial charge on any atom is 0.185 e. The zero-order valence-corrected chi connectivity index (χ0v) is 13.0. The normalized spacial score (nSPS) is 14.8. The number of hydrogen-bond acceptors (Lipinski definition) is 4. The second-order valence-electron chi connectivity index (χ2n) is 5.59. The molecule has 1 aliphatic heterocycles. The molecular formula is C20H16O4. The van der Waals surface area contributed by atoms with Gasteiger partial charge < -0.3 is 13.9 Å². The van der Waals surface area contributed by atoms with Gasteiger partial charge in [-0.05, 0) is 23.3 Å². The summed E-state index contributed by atoms with van der Waals surface area (Å²) in [5, 5.41) is 0. The molecule has 1 fully saturated rings. The second-order valence-corrected chi connectivity index (χ2v) is 5.59. The first kappa shape index (κ1) is 14.9. The van der Waals surface area contributed by atoms with Gasteiger partial charge in [-0.2, -0.15) is 0 Å². The van der Waals surface area contributed by atoms with E-state index in [0.29, 0.717) is 31.0 Å². The first-order valence-electron chi connectivity index (χ1n) is 7.82. The molecule has 1 saturated heterocycles. The van der Waals surface area contributed by atoms with Crippen LogP contribution in [0, 0.1) is 0 Å². The maximum absolute atomic E-state index is 10.7. The van der Waals surface area contributed by atoms with Crippen molar-refractivity contribution in [3.8, 4) is 22.5 Å². The van der Waals surface area contributed by atoms with Crippen LogP contribution in [0.15, 0.2) is 65.1 Å². The molecule has 1 aliphatic rings. The first-order valence-corrected chi connectivity index (χ1v) is 7.82. The lowest BCUT2D eigenvalue weighted by atomic mass is 10.0. The minimum Gasteiger partial charge on any atom is -0.453 e. The van der Waals surface area contributed by atoms with Crippen LogP contribution in [0.4, 0.5) is 0 Å². The van der Waals surface area contributed by atoms with Crippen LogP contribution in [0.25, 0.3) is 22.5 Å². The number of carbonyl (C=O) groups excluding carboxylic acids is 1. The van der Waals surface area contributed by atoms with Crippen LogP contribution in [0.2, 0.25) is 0 Å². The van der Waals surface area contributed by atoms with E-state index in [-0.39, 0.29) is 6.29 Å². The monoisotopic (exact) mass is 320 g/mol. The van der Waals surface area contributed by atoms with Gasteiger partial charge in [0.05, 0.1) is 13.2 Å². The van der Waals surface area contributed by atoms with Gasteiger partial charge in [-0.1, -0.05) is 48.5 Å². The molecule has 0 unspecified atom stereocenters. The van der Waals surface area contributed by atoms with E-state index >= 15 is 0 Å². The van der Waals surface area contributed by atoms with Gasteiger partial charge in [0.1, 0.15) is 5.76 Å². The van der Waals surface area contributed by atoms with E-state index < -0.39 is 0 Å². The van der Waals surface area contributed by atoms with Crippen molar-refractivity contribution < 1.29 is 18.7 Å². The van der Waals surface area contributed by atoms with Crippen LogP contribution in [-0.4, -0.2) is 19.5 Å². The van der Waals surface area contributed by atoms with Crippen LogP contribution >= 0.6 is 0 Å². The van der Waals surface area contributed by atoms with Gasteiger partial charge in [0.25, 0.3) is 0 Å². The highest BCUT2D eigenvalue weighted by atomic mass is 16.7. The maximum atomic E-state index is 10.7. The Labute approximate surface area is 139 Å². The number of furan rings is 1. The standard InChI is InChI=1S/C20H16O4/c21-13-18-9-10-19(24-18)16-5-1-14(2-6-16)15-3-7-17(8-4-15)20-22-11-12-23-20/h1-10,13,20H,11-12H2. The van der Waals surface area contributed by atoms with Crippen molar-refractivity contribution in [3.63, 3.8) is 0 Å². The molecule has 0 saturated carbocycles. The number of carbonyl (C=O) groups is 1. The summed E-state index contributed by atoms with van der Waals surface area (Å²) in [6.45, 7) is 1.29. The van der Waals surface area contributed by atoms with Crippen LogP contribution in [-0.2, 0) is 9.47 Å². The summed E-state index contributed by atoms with van der Waals surface area (Å²) in [6.07, 6.45) is 0.462. The van der Waals surface area contributed by atoms with Gasteiger partial charge in [-0.3, -0.25) is 4.79 Å². The Morgan fingerprint density at radius 3 is 1.92 bits per heavy atom. The summed E-state index contributed by atoms with van der Waals surface area (Å²) in [4.78, 5) is 10.7. The lowest BCUT2D eigenvalue weighted by Gasteiger charge is -2.10. The van der Waals surface area contributed by atoms with Crippen molar-refractivity contribution in [1.29, 1.82) is 0 Å². The summed E-state index contributed by atoms with van der Waals surface area (Å²) in [6, 6.07) is 19.7. The molecule has 24 heavy (non-hydrogen) atoms. The largest absolute Gasteiger partial charge is 0.453 e. The van der Waals surface area contributed by atoms with Crippen LogP contribution in [0.3, 0.4) is 0 Å². The molecular weight excluding hydrogens is 304 g/mol. The van der Waals surface area contributed by atoms with Gasteiger partial charge in [0, 0.05) is 11.1 Å². The molecule has 0 spiro atoms. The van der Waals surface area contributed by atoms with Gasteiger partial charge in [-0.15, -0.1) is 0 Å². The minimum absolute atomic E-state index is 0.243. The summed E-state index contributed by atoms with van der Waals surface area (Å²) < 4.78 is 16.4. The minimum atomic E-state index is -0.243. The van der Waals surface area contributed by atoms with Crippen molar-refractivity contribution in [3.05, 3.63) is 72.0 Å². The molecule has 120 valence electrons. The summed E-state index contributed by atoms with van der Waals surface area (Å²) >= 11 is 0. The molecule has 0 atom stereocenters. The quantitative estimate of drug-likeness (QED) is 0.665. The Balaban J connectivity index is 1.54. The first-order chi connectivity index (χ1) is 11.8. The molecule has 3 aromatic rings. The summed E-state index contributed by atoms with van der Waals surface area (Å²) in [5.74, 6) is 1.02. The van der Waals surface area contributed by atoms with Crippen molar-refractivity contribution in [2.24, 2.45) is 0 Å². The Hall–Kier alpha value is -2.69. The lowest BCUT2D eigenvalue weighted by molar-refractivity contribution is -0.0441. The zero-order valence-electron chi connectivity index (χ0n) is 13.0. The predicted molar refractivity (Wildman–Crippen MR) is 89.6 cm³/mol. The van der Waals surface area contributed by atoms with E-state index in [1.165, 1.54) is 0 Å². The molecule has 0 amide bonds. The Morgan fingerprint density at radius 2 is 1.33 bits per heavy atom. The Bertz CT molecular complexity index is 825. The summed E-state index contributed by atoms with van der Waals surface area (Å²) in [5.41, 5.74) is 4.21. The highest BCUT2D eigenvalue weighted by Gasteiger charge is 2.17. The zero-order chi connectivity index (χ0) is 16.4. The molecule has 4 heteroatoms. The number of benzene rings is 2. The van der Waals surface area contributed by atoms with Crippen molar-refractivity contribution in [2.45, 2.75) is 6.29 Å². The predicted octanol–water partition coefficient (Wildman–Crippen LogP) is 4.47. The average molecular weight is 320 g/mol. The Morgan fingerprint density at radius 1 is 0.750 bits per heavy atom. The van der Waals surface area contributed by atoms with Gasteiger partial charge in [-0.25, -0.2) is 0 Å². The molecule has 4 rings (SSSR count). The number of ether oxygens (including phenoxy) is 2. The molecule has 4 nitrogen and oxygen atoms in total. The van der Waals surface area contributed by atoms with Crippen molar-refractivity contribution >= 4 is 6.29 Å². The van der Waals surface area contributed by atoms with Crippen molar-refractivity contribution in [1.82, 2.24) is 0 Å². The second kappa shape index (κ2) is 6.43.